The molecule has 0 aliphatic carbocycles. The maximum absolute atomic E-state index is 12.7. The minimum atomic E-state index is -5.10. The zero-order valence-electron chi connectivity index (χ0n) is 12.4. The molecule has 24 heavy (non-hydrogen) atoms. The van der Waals surface area contributed by atoms with E-state index in [0.29, 0.717) is 0 Å². The van der Waals surface area contributed by atoms with Gasteiger partial charge in [-0.2, -0.15) is 26.3 Å². The van der Waals surface area contributed by atoms with E-state index in [2.05, 4.69) is 0 Å². The summed E-state index contributed by atoms with van der Waals surface area (Å²) in [5.74, 6) is -3.42. The summed E-state index contributed by atoms with van der Waals surface area (Å²) in [6, 6.07) is -1.09. The number of carbonyl (C=O) groups excluding carboxylic acids is 1. The molecule has 0 radical (unpaired) electrons. The second-order valence-electron chi connectivity index (χ2n) is 5.33. The first-order valence-corrected chi connectivity index (χ1v) is 6.56. The number of nitrogens with one attached hydrogen (secondary N) is 1. The fourth-order valence-corrected chi connectivity index (χ4v) is 1.82. The molecule has 10 heteroatoms. The van der Waals surface area contributed by atoms with E-state index < -0.39 is 52.9 Å². The van der Waals surface area contributed by atoms with Crippen LogP contribution in [0.2, 0.25) is 0 Å². The molecule has 134 valence electrons. The van der Waals surface area contributed by atoms with Gasteiger partial charge in [0.25, 0.3) is 5.91 Å². The zero-order chi connectivity index (χ0) is 18.9. The van der Waals surface area contributed by atoms with Crippen molar-refractivity contribution < 1.29 is 41.0 Å². The molecule has 1 atom stereocenters. The molecule has 4 nitrogen and oxygen atoms in total. The van der Waals surface area contributed by atoms with E-state index in [-0.39, 0.29) is 18.2 Å². The smallest absolute Gasteiger partial charge is 0.416 e. The van der Waals surface area contributed by atoms with Gasteiger partial charge in [-0.3, -0.25) is 4.79 Å². The van der Waals surface area contributed by atoms with Crippen LogP contribution in [0, 0.1) is 5.92 Å². The van der Waals surface area contributed by atoms with Gasteiger partial charge in [-0.05, 0) is 24.1 Å². The Hall–Kier alpha value is -2.26. The Balaban J connectivity index is 3.32. The molecule has 2 N–H and O–H groups in total. The number of benzene rings is 1. The largest absolute Gasteiger partial charge is 0.480 e. The van der Waals surface area contributed by atoms with Crippen molar-refractivity contribution in [3.8, 4) is 0 Å². The van der Waals surface area contributed by atoms with Crippen LogP contribution in [0.5, 0.6) is 0 Å². The number of hydrogen-bond acceptors (Lipinski definition) is 2. The van der Waals surface area contributed by atoms with Gasteiger partial charge >= 0.3 is 18.3 Å². The molecule has 0 aromatic heterocycles. The monoisotopic (exact) mass is 357 g/mol. The topological polar surface area (TPSA) is 66.4 Å². The van der Waals surface area contributed by atoms with Gasteiger partial charge in [-0.1, -0.05) is 13.8 Å². The Morgan fingerprint density at radius 3 is 1.67 bits per heavy atom. The Labute approximate surface area is 132 Å². The zero-order valence-corrected chi connectivity index (χ0v) is 12.4. The number of amides is 1. The van der Waals surface area contributed by atoms with Crippen molar-refractivity contribution in [3.05, 3.63) is 34.9 Å². The summed E-state index contributed by atoms with van der Waals surface area (Å²) in [5, 5.41) is 10.8. The highest BCUT2D eigenvalue weighted by Gasteiger charge is 2.37. The van der Waals surface area contributed by atoms with Gasteiger partial charge in [0.1, 0.15) is 6.04 Å². The minimum Gasteiger partial charge on any atom is -0.480 e. The minimum absolute atomic E-state index is 0.117. The van der Waals surface area contributed by atoms with Gasteiger partial charge in [0.2, 0.25) is 0 Å². The lowest BCUT2D eigenvalue weighted by Crippen LogP contribution is -2.44. The number of carboxylic acid groups (broad SMARTS) is 1. The quantitative estimate of drug-likeness (QED) is 0.810. The maximum atomic E-state index is 12.7. The lowest BCUT2D eigenvalue weighted by atomic mass is 10.0. The summed E-state index contributed by atoms with van der Waals surface area (Å²) in [4.78, 5) is 22.9. The van der Waals surface area contributed by atoms with Crippen molar-refractivity contribution in [3.63, 3.8) is 0 Å². The van der Waals surface area contributed by atoms with E-state index in [1.165, 1.54) is 13.8 Å². The van der Waals surface area contributed by atoms with Crippen LogP contribution in [0.25, 0.3) is 0 Å². The summed E-state index contributed by atoms with van der Waals surface area (Å²) >= 11 is 0. The lowest BCUT2D eigenvalue weighted by molar-refractivity contribution is -0.143. The number of carbonyl (C=O) groups is 2. The highest BCUT2D eigenvalue weighted by atomic mass is 19.4. The number of alkyl halides is 6. The molecule has 0 unspecified atom stereocenters. The van der Waals surface area contributed by atoms with Crippen LogP contribution in [0.1, 0.15) is 35.3 Å². The third-order valence-electron chi connectivity index (χ3n) is 3.07. The lowest BCUT2D eigenvalue weighted by Gasteiger charge is -2.19. The molecule has 0 saturated heterocycles. The van der Waals surface area contributed by atoms with Gasteiger partial charge in [-0.25, -0.2) is 4.79 Å². The van der Waals surface area contributed by atoms with Crippen molar-refractivity contribution in [2.24, 2.45) is 5.92 Å². The number of hydrogen-bond donors (Lipinski definition) is 2. The molecule has 0 saturated carbocycles. The third-order valence-corrected chi connectivity index (χ3v) is 3.07. The SMILES string of the molecule is CC(C)[C@@H](NC(=O)c1cc(C(F)(F)F)cc(C(F)(F)F)c1)C(=O)O. The summed E-state index contributed by atoms with van der Waals surface area (Å²) in [5.41, 5.74) is -4.23. The standard InChI is InChI=1S/C14H13F6NO3/c1-6(2)10(12(23)24)21-11(22)7-3-8(13(15,16)17)5-9(4-7)14(18,19)20/h3-6,10H,1-2H3,(H,21,22)(H,23,24)/t10-/m1/s1. The van der Waals surface area contributed by atoms with E-state index in [0.717, 1.165) is 0 Å². The Kier molecular flexibility index (Phi) is 5.52. The fraction of sp³-hybridized carbons (Fsp3) is 0.429. The summed E-state index contributed by atoms with van der Waals surface area (Å²) < 4.78 is 76.4. The molecule has 0 aliphatic heterocycles. The first-order valence-electron chi connectivity index (χ1n) is 6.56. The highest BCUT2D eigenvalue weighted by Crippen LogP contribution is 2.36. The van der Waals surface area contributed by atoms with Crippen molar-refractivity contribution in [2.45, 2.75) is 32.2 Å². The Morgan fingerprint density at radius 2 is 1.38 bits per heavy atom. The van der Waals surface area contributed by atoms with Gasteiger partial charge in [0, 0.05) is 5.56 Å². The van der Waals surface area contributed by atoms with Gasteiger partial charge < -0.3 is 10.4 Å². The molecule has 0 bridgehead atoms. The predicted molar refractivity (Wildman–Crippen MR) is 70.2 cm³/mol. The van der Waals surface area contributed by atoms with Crippen LogP contribution in [0.4, 0.5) is 26.3 Å². The van der Waals surface area contributed by atoms with E-state index >= 15 is 0 Å². The normalized spacial score (nSPS) is 13.7. The molecule has 0 spiro atoms. The van der Waals surface area contributed by atoms with Crippen LogP contribution in [-0.2, 0) is 17.1 Å². The number of aliphatic carboxylic acids is 1. The Bertz CT molecular complexity index is 604. The molecule has 0 fully saturated rings. The average Bonchev–Trinajstić information content (AvgIpc) is 2.41. The molecule has 0 heterocycles. The number of carboxylic acids is 1. The van der Waals surface area contributed by atoms with Crippen molar-refractivity contribution in [2.75, 3.05) is 0 Å². The van der Waals surface area contributed by atoms with Gasteiger partial charge in [0.15, 0.2) is 0 Å². The van der Waals surface area contributed by atoms with Crippen molar-refractivity contribution in [1.29, 1.82) is 0 Å². The summed E-state index contributed by atoms with van der Waals surface area (Å²) in [6.45, 7) is 2.85. The fourth-order valence-electron chi connectivity index (χ4n) is 1.82. The maximum Gasteiger partial charge on any atom is 0.416 e. The van der Waals surface area contributed by atoms with Crippen LogP contribution < -0.4 is 5.32 Å². The molecular weight excluding hydrogens is 344 g/mol. The van der Waals surface area contributed by atoms with E-state index in [4.69, 9.17) is 5.11 Å². The Morgan fingerprint density at radius 1 is 0.958 bits per heavy atom. The van der Waals surface area contributed by atoms with Gasteiger partial charge in [-0.15, -0.1) is 0 Å². The van der Waals surface area contributed by atoms with E-state index in [1.807, 2.05) is 5.32 Å². The van der Waals surface area contributed by atoms with Crippen molar-refractivity contribution in [1.82, 2.24) is 5.32 Å². The number of halogens is 6. The highest BCUT2D eigenvalue weighted by molar-refractivity contribution is 5.97. The van der Waals surface area contributed by atoms with Crippen LogP contribution in [0.3, 0.4) is 0 Å². The van der Waals surface area contributed by atoms with E-state index in [1.54, 1.807) is 0 Å². The molecule has 1 amide bonds. The molecule has 1 rings (SSSR count). The third kappa shape index (κ3) is 4.87. The molecule has 0 aliphatic rings. The molecule has 1 aromatic carbocycles. The first-order chi connectivity index (χ1) is 10.7. The van der Waals surface area contributed by atoms with Crippen molar-refractivity contribution >= 4 is 11.9 Å². The predicted octanol–water partition coefficient (Wildman–Crippen LogP) is 3.56. The number of rotatable bonds is 4. The van der Waals surface area contributed by atoms with Crippen LogP contribution >= 0.6 is 0 Å². The summed E-state index contributed by atoms with van der Waals surface area (Å²) in [7, 11) is 0. The van der Waals surface area contributed by atoms with Crippen LogP contribution in [-0.4, -0.2) is 23.0 Å². The molecular formula is C14H13F6NO3. The molecule has 1 aromatic rings. The van der Waals surface area contributed by atoms with E-state index in [9.17, 15) is 35.9 Å². The second kappa shape index (κ2) is 6.70. The summed E-state index contributed by atoms with van der Waals surface area (Å²) in [6.07, 6.45) is -10.2. The average molecular weight is 357 g/mol. The van der Waals surface area contributed by atoms with Crippen LogP contribution in [0.15, 0.2) is 18.2 Å². The first kappa shape index (κ1) is 19.8. The second-order valence-corrected chi connectivity index (χ2v) is 5.33. The van der Waals surface area contributed by atoms with Gasteiger partial charge in [0.05, 0.1) is 11.1 Å².